The molecule has 0 unspecified atom stereocenters. The van der Waals surface area contributed by atoms with E-state index in [1.807, 2.05) is 71.5 Å². The molecule has 0 aromatic heterocycles. The third-order valence-electron chi connectivity index (χ3n) is 10.8. The van der Waals surface area contributed by atoms with Crippen LogP contribution >= 0.6 is 0 Å². The van der Waals surface area contributed by atoms with E-state index < -0.39 is 0 Å². The monoisotopic (exact) mass is 801 g/mol. The Morgan fingerprint density at radius 2 is 0.869 bits per heavy atom. The van der Waals surface area contributed by atoms with E-state index in [2.05, 4.69) is 170 Å². The fourth-order valence-electron chi connectivity index (χ4n) is 7.81. The lowest BCUT2D eigenvalue weighted by Crippen LogP contribution is -2.47. The third-order valence-corrected chi connectivity index (χ3v) is 10.8. The molecule has 0 amide bonds. The molecule has 3 aliphatic rings. The van der Waals surface area contributed by atoms with Gasteiger partial charge >= 0.3 is 0 Å². The fourth-order valence-corrected chi connectivity index (χ4v) is 7.81. The smallest absolute Gasteiger partial charge is 0.241 e. The third kappa shape index (κ3) is 7.27. The molecule has 3 heterocycles. The van der Waals surface area contributed by atoms with Crippen LogP contribution in [0.25, 0.3) is 0 Å². The van der Waals surface area contributed by atoms with Crippen molar-refractivity contribution in [2.75, 3.05) is 62.7 Å². The van der Waals surface area contributed by atoms with E-state index in [1.54, 1.807) is 0 Å². The van der Waals surface area contributed by atoms with Gasteiger partial charge in [-0.2, -0.15) is 9.98 Å². The summed E-state index contributed by atoms with van der Waals surface area (Å²) in [4.78, 5) is 31.6. The highest BCUT2D eigenvalue weighted by Gasteiger charge is 2.39. The van der Waals surface area contributed by atoms with E-state index >= 15 is 0 Å². The van der Waals surface area contributed by atoms with Gasteiger partial charge in [-0.05, 0) is 91.0 Å². The highest BCUT2D eigenvalue weighted by molar-refractivity contribution is 6.27. The Morgan fingerprint density at radius 1 is 0.443 bits per heavy atom. The molecule has 0 saturated heterocycles. The number of allylic oxidation sites excluding steroid dienone is 1. The van der Waals surface area contributed by atoms with Crippen molar-refractivity contribution in [3.8, 4) is 0 Å². The topological polar surface area (TPSA) is 89.7 Å². The molecule has 3 aliphatic heterocycles. The molecule has 61 heavy (non-hydrogen) atoms. The average Bonchev–Trinajstić information content (AvgIpc) is 3.30. The second-order valence-electron chi connectivity index (χ2n) is 15.1. The molecule has 6 aromatic rings. The van der Waals surface area contributed by atoms with Crippen molar-refractivity contribution < 1.29 is 0 Å². The summed E-state index contributed by atoms with van der Waals surface area (Å²) in [6.07, 6.45) is 2.14. The predicted molar refractivity (Wildman–Crippen MR) is 254 cm³/mol. The minimum absolute atomic E-state index is 0.481. The highest BCUT2D eigenvalue weighted by atomic mass is 15.4. The Balaban J connectivity index is 1.18. The van der Waals surface area contributed by atoms with Crippen molar-refractivity contribution in [3.05, 3.63) is 192 Å². The number of anilines is 8. The van der Waals surface area contributed by atoms with Crippen LogP contribution in [0.2, 0.25) is 0 Å². The zero-order valence-corrected chi connectivity index (χ0v) is 35.1. The lowest BCUT2D eigenvalue weighted by molar-refractivity contribution is 0.471. The first-order chi connectivity index (χ1) is 29.8. The van der Waals surface area contributed by atoms with Crippen LogP contribution in [0.3, 0.4) is 0 Å². The van der Waals surface area contributed by atoms with E-state index in [-0.39, 0.29) is 0 Å². The molecule has 11 nitrogen and oxygen atoms in total. The number of para-hydroxylation sites is 4. The SMILES string of the molecule is CNc1cc(N(c2ccccc2)c2ccccc2)ccc1C1=NC2=NC(c3ccc(N(c4ccccc4)c4ccccc4)cc3NC)=NC3=C(N(C)C)C=C(N(C)C)C(=N1)N23. The number of guanidine groups is 1. The van der Waals surface area contributed by atoms with Gasteiger partial charge in [-0.1, -0.05) is 72.8 Å². The van der Waals surface area contributed by atoms with Gasteiger partial charge in [0.25, 0.3) is 0 Å². The summed E-state index contributed by atoms with van der Waals surface area (Å²) in [5.74, 6) is 2.96. The molecule has 0 radical (unpaired) electrons. The van der Waals surface area contributed by atoms with Crippen LogP contribution in [0.5, 0.6) is 0 Å². The van der Waals surface area contributed by atoms with Gasteiger partial charge in [0, 0.05) is 98.9 Å². The first-order valence-electron chi connectivity index (χ1n) is 20.2. The molecular formula is C50H47N11. The molecule has 2 N–H and O–H groups in total. The van der Waals surface area contributed by atoms with E-state index in [1.165, 1.54) is 0 Å². The summed E-state index contributed by atoms with van der Waals surface area (Å²) in [6, 6.07) is 54.2. The van der Waals surface area contributed by atoms with Crippen LogP contribution in [-0.2, 0) is 0 Å². The van der Waals surface area contributed by atoms with Crippen LogP contribution < -0.4 is 20.4 Å². The first-order valence-corrected chi connectivity index (χ1v) is 20.2. The Hall–Kier alpha value is -7.92. The van der Waals surface area contributed by atoms with Gasteiger partial charge in [0.05, 0.1) is 11.4 Å². The Bertz CT molecular complexity index is 2690. The molecule has 11 heteroatoms. The first kappa shape index (κ1) is 38.6. The summed E-state index contributed by atoms with van der Waals surface area (Å²) in [5, 5.41) is 6.91. The number of nitrogens with zero attached hydrogens (tertiary/aromatic N) is 9. The maximum absolute atomic E-state index is 5.28. The summed E-state index contributed by atoms with van der Waals surface area (Å²) in [6.45, 7) is 0. The van der Waals surface area contributed by atoms with Crippen molar-refractivity contribution >= 4 is 69.0 Å². The second-order valence-corrected chi connectivity index (χ2v) is 15.1. The molecule has 9 rings (SSSR count). The van der Waals surface area contributed by atoms with E-state index in [0.29, 0.717) is 29.3 Å². The van der Waals surface area contributed by atoms with Gasteiger partial charge in [-0.3, -0.25) is 0 Å². The highest BCUT2D eigenvalue weighted by Crippen LogP contribution is 2.40. The minimum Gasteiger partial charge on any atom is -0.387 e. The maximum Gasteiger partial charge on any atom is 0.241 e. The summed E-state index contributed by atoms with van der Waals surface area (Å²) in [7, 11) is 12.0. The predicted octanol–water partition coefficient (Wildman–Crippen LogP) is 10.2. The number of rotatable bonds is 12. The lowest BCUT2D eigenvalue weighted by Gasteiger charge is -2.39. The second kappa shape index (κ2) is 16.4. The Morgan fingerprint density at radius 3 is 1.26 bits per heavy atom. The number of hydrogen-bond donors (Lipinski definition) is 2. The molecule has 0 spiro atoms. The van der Waals surface area contributed by atoms with Crippen LogP contribution in [0.1, 0.15) is 11.1 Å². The van der Waals surface area contributed by atoms with E-state index in [9.17, 15) is 0 Å². The molecule has 0 atom stereocenters. The quantitative estimate of drug-likeness (QED) is 0.127. The van der Waals surface area contributed by atoms with Gasteiger partial charge in [0.15, 0.2) is 23.3 Å². The van der Waals surface area contributed by atoms with Crippen LogP contribution in [-0.4, -0.2) is 80.5 Å². The van der Waals surface area contributed by atoms with Crippen molar-refractivity contribution in [1.82, 2.24) is 14.7 Å². The zero-order chi connectivity index (χ0) is 42.0. The molecule has 6 aromatic carbocycles. The number of aliphatic imine (C=N–C) groups is 4. The van der Waals surface area contributed by atoms with Crippen molar-refractivity contribution in [2.24, 2.45) is 20.0 Å². The van der Waals surface area contributed by atoms with Gasteiger partial charge < -0.3 is 30.2 Å². The maximum atomic E-state index is 5.28. The molecular weight excluding hydrogens is 755 g/mol. The van der Waals surface area contributed by atoms with Gasteiger partial charge in [-0.15, -0.1) is 0 Å². The van der Waals surface area contributed by atoms with Crippen molar-refractivity contribution in [2.45, 2.75) is 0 Å². The molecule has 0 aliphatic carbocycles. The van der Waals surface area contributed by atoms with Crippen LogP contribution in [0.4, 0.5) is 45.5 Å². The number of benzene rings is 6. The standard InChI is InChI=1S/C50H47N11/c1-51-42-31-38(59(34-19-11-7-12-20-34)35-21-13-8-14-22-35)27-29-40(42)46-53-48-44(57(3)4)33-45(58(5)6)49-54-47(56-50(55-46)61(48)49)41-30-28-39(32-43(41)52-2)60(36-23-15-9-16-24-36)37-25-17-10-18-26-37/h7-33,51-52H,1-6H3. The fraction of sp³-hybridized carbons (Fsp3) is 0.120. The molecule has 302 valence electrons. The summed E-state index contributed by atoms with van der Waals surface area (Å²) >= 11 is 0. The Labute approximate surface area is 357 Å². The molecule has 0 fully saturated rings. The largest absolute Gasteiger partial charge is 0.387 e. The van der Waals surface area contributed by atoms with Gasteiger partial charge in [0.1, 0.15) is 0 Å². The van der Waals surface area contributed by atoms with Crippen LogP contribution in [0, 0.1) is 0 Å². The van der Waals surface area contributed by atoms with Gasteiger partial charge in [0.2, 0.25) is 5.96 Å². The normalized spacial score (nSPS) is 14.1. The number of hydrogen-bond acceptors (Lipinski definition) is 11. The molecule has 0 saturated carbocycles. The van der Waals surface area contributed by atoms with E-state index in [0.717, 1.165) is 68.0 Å². The number of nitrogens with one attached hydrogen (secondary N) is 2. The molecule has 0 bridgehead atoms. The summed E-state index contributed by atoms with van der Waals surface area (Å²) in [5.41, 5.74) is 11.5. The van der Waals surface area contributed by atoms with Crippen LogP contribution in [0.15, 0.2) is 201 Å². The average molecular weight is 802 g/mol. The zero-order valence-electron chi connectivity index (χ0n) is 35.1. The summed E-state index contributed by atoms with van der Waals surface area (Å²) < 4.78 is 0. The minimum atomic E-state index is 0.481. The lowest BCUT2D eigenvalue weighted by atomic mass is 10.1. The van der Waals surface area contributed by atoms with E-state index in [4.69, 9.17) is 20.0 Å². The number of likely N-dealkylation sites (N-methyl/N-ethyl adjacent to an activating group) is 2. The Kier molecular flexibility index (Phi) is 10.4. The van der Waals surface area contributed by atoms with Crippen molar-refractivity contribution in [3.63, 3.8) is 0 Å². The van der Waals surface area contributed by atoms with Gasteiger partial charge in [-0.25, -0.2) is 14.9 Å². The number of amidine groups is 3. The van der Waals surface area contributed by atoms with Crippen molar-refractivity contribution in [1.29, 1.82) is 0 Å².